The highest BCUT2D eigenvalue weighted by molar-refractivity contribution is 7.90. The van der Waals surface area contributed by atoms with Gasteiger partial charge in [-0.15, -0.1) is 0 Å². The molecule has 0 aliphatic carbocycles. The summed E-state index contributed by atoms with van der Waals surface area (Å²) < 4.78 is 37.1. The maximum Gasteiger partial charge on any atom is 0.264 e. The lowest BCUT2D eigenvalue weighted by atomic mass is 10.4. The Morgan fingerprint density at radius 2 is 2.15 bits per heavy atom. The molecule has 0 fully saturated rings. The van der Waals surface area contributed by atoms with Crippen molar-refractivity contribution < 1.29 is 12.8 Å². The van der Waals surface area contributed by atoms with Gasteiger partial charge in [0.15, 0.2) is 0 Å². The zero-order chi connectivity index (χ0) is 9.90. The Balaban J connectivity index is 3.31. The Bertz CT molecular complexity index is 465. The maximum atomic E-state index is 12.5. The summed E-state index contributed by atoms with van der Waals surface area (Å²) in [7, 11) is -4.06. The van der Waals surface area contributed by atoms with Gasteiger partial charge >= 0.3 is 0 Å². The van der Waals surface area contributed by atoms with Crippen molar-refractivity contribution in [3.05, 3.63) is 40.5 Å². The molecule has 0 spiro atoms. The summed E-state index contributed by atoms with van der Waals surface area (Å²) in [5.74, 6) is -0.700. The number of nitrogens with zero attached hydrogens (tertiary/aromatic N) is 3. The van der Waals surface area contributed by atoms with E-state index < -0.39 is 15.8 Å². The third-order valence-electron chi connectivity index (χ3n) is 1.24. The quantitative estimate of drug-likeness (QED) is 0.415. The van der Waals surface area contributed by atoms with E-state index in [0.717, 1.165) is 18.2 Å². The highest BCUT2D eigenvalue weighted by Crippen LogP contribution is 2.13. The van der Waals surface area contributed by atoms with Gasteiger partial charge in [0.1, 0.15) is 5.82 Å². The normalized spacial score (nSPS) is 10.5. The van der Waals surface area contributed by atoms with E-state index in [0.29, 0.717) is 0 Å². The minimum atomic E-state index is -4.06. The van der Waals surface area contributed by atoms with Gasteiger partial charge in [-0.1, -0.05) is 6.07 Å². The van der Waals surface area contributed by atoms with E-state index in [1.54, 1.807) is 0 Å². The van der Waals surface area contributed by atoms with Crippen LogP contribution in [0, 0.1) is 5.82 Å². The zero-order valence-corrected chi connectivity index (χ0v) is 7.07. The zero-order valence-electron chi connectivity index (χ0n) is 6.25. The molecule has 13 heavy (non-hydrogen) atoms. The molecule has 0 bridgehead atoms. The van der Waals surface area contributed by atoms with E-state index in [2.05, 4.69) is 9.43 Å². The molecule has 0 radical (unpaired) electrons. The molecular formula is C6H4FN3O2S. The van der Waals surface area contributed by atoms with Gasteiger partial charge in [-0.2, -0.15) is 0 Å². The number of benzene rings is 1. The van der Waals surface area contributed by atoms with Gasteiger partial charge in [0.25, 0.3) is 10.0 Å². The Kier molecular flexibility index (Phi) is 2.50. The van der Waals surface area contributed by atoms with Gasteiger partial charge in [-0.25, -0.2) is 12.8 Å². The summed E-state index contributed by atoms with van der Waals surface area (Å²) in [6.45, 7) is 0. The Morgan fingerprint density at radius 1 is 1.46 bits per heavy atom. The molecule has 68 valence electrons. The molecule has 1 rings (SSSR count). The van der Waals surface area contributed by atoms with Crippen molar-refractivity contribution in [1.82, 2.24) is 0 Å². The van der Waals surface area contributed by atoms with Crippen LogP contribution in [0.2, 0.25) is 0 Å². The van der Waals surface area contributed by atoms with Crippen molar-refractivity contribution in [1.29, 1.82) is 0 Å². The molecule has 0 heterocycles. The third kappa shape index (κ3) is 2.17. The number of hydrogen-bond acceptors (Lipinski definition) is 2. The van der Waals surface area contributed by atoms with Crippen LogP contribution in [0.1, 0.15) is 0 Å². The van der Waals surface area contributed by atoms with Crippen LogP contribution in [0.15, 0.2) is 33.7 Å². The summed E-state index contributed by atoms with van der Waals surface area (Å²) in [5.41, 5.74) is 7.92. The van der Waals surface area contributed by atoms with Crippen molar-refractivity contribution in [3.63, 3.8) is 0 Å². The van der Waals surface area contributed by atoms with Gasteiger partial charge in [0.05, 0.1) is 4.90 Å². The highest BCUT2D eigenvalue weighted by Gasteiger charge is 2.11. The number of sulfonamides is 1. The summed E-state index contributed by atoms with van der Waals surface area (Å²) in [4.78, 5) is 1.77. The average molecular weight is 201 g/mol. The van der Waals surface area contributed by atoms with Crippen molar-refractivity contribution in [2.24, 2.45) is 4.52 Å². The molecule has 0 atom stereocenters. The highest BCUT2D eigenvalue weighted by atomic mass is 32.2. The lowest BCUT2D eigenvalue weighted by molar-refractivity contribution is 0.592. The Hall–Kier alpha value is -1.59. The fourth-order valence-electron chi connectivity index (χ4n) is 0.723. The van der Waals surface area contributed by atoms with Crippen LogP contribution >= 0.6 is 0 Å². The minimum absolute atomic E-state index is 0.356. The van der Waals surface area contributed by atoms with Crippen LogP contribution in [0.4, 0.5) is 4.39 Å². The van der Waals surface area contributed by atoms with Crippen LogP contribution < -0.4 is 0 Å². The molecule has 0 unspecified atom stereocenters. The van der Waals surface area contributed by atoms with Gasteiger partial charge in [0, 0.05) is 9.43 Å². The summed E-state index contributed by atoms with van der Waals surface area (Å²) >= 11 is 0. The van der Waals surface area contributed by atoms with E-state index in [4.69, 9.17) is 5.53 Å². The molecule has 1 aromatic carbocycles. The van der Waals surface area contributed by atoms with E-state index >= 15 is 0 Å². The predicted molar refractivity (Wildman–Crippen MR) is 42.7 cm³/mol. The van der Waals surface area contributed by atoms with Crippen LogP contribution in [0.5, 0.6) is 0 Å². The van der Waals surface area contributed by atoms with Crippen molar-refractivity contribution in [3.8, 4) is 0 Å². The second-order valence-corrected chi connectivity index (χ2v) is 3.69. The lowest BCUT2D eigenvalue weighted by Gasteiger charge is -1.95. The minimum Gasteiger partial charge on any atom is -0.216 e. The first-order valence-corrected chi connectivity index (χ1v) is 4.57. The SMILES string of the molecule is [N-]=[N+]=NS(=O)(=O)c1cccc(F)c1. The van der Waals surface area contributed by atoms with Crippen LogP contribution in [0.3, 0.4) is 0 Å². The molecule has 0 saturated heterocycles. The summed E-state index contributed by atoms with van der Waals surface area (Å²) in [5, 5.41) is 0. The Labute approximate surface area is 73.5 Å². The second kappa shape index (κ2) is 3.42. The first kappa shape index (κ1) is 9.50. The average Bonchev–Trinajstić information content (AvgIpc) is 2.04. The largest absolute Gasteiger partial charge is 0.264 e. The summed E-state index contributed by atoms with van der Waals surface area (Å²) in [6, 6.07) is 4.24. The summed E-state index contributed by atoms with van der Waals surface area (Å²) in [6.07, 6.45) is 0. The van der Waals surface area contributed by atoms with E-state index in [1.165, 1.54) is 6.07 Å². The molecule has 0 aliphatic heterocycles. The molecule has 0 saturated carbocycles. The molecule has 0 aromatic heterocycles. The second-order valence-electron chi connectivity index (χ2n) is 2.10. The molecule has 7 heteroatoms. The van der Waals surface area contributed by atoms with E-state index in [9.17, 15) is 12.8 Å². The molecule has 5 nitrogen and oxygen atoms in total. The first-order valence-electron chi connectivity index (χ1n) is 3.13. The maximum absolute atomic E-state index is 12.5. The number of rotatable bonds is 2. The monoisotopic (exact) mass is 201 g/mol. The van der Waals surface area contributed by atoms with Crippen LogP contribution in [-0.4, -0.2) is 8.42 Å². The molecule has 0 amide bonds. The van der Waals surface area contributed by atoms with Gasteiger partial charge in [0.2, 0.25) is 0 Å². The fourth-order valence-corrected chi connectivity index (χ4v) is 1.43. The van der Waals surface area contributed by atoms with Gasteiger partial charge in [-0.05, 0) is 23.7 Å². The number of halogens is 1. The predicted octanol–water partition coefficient (Wildman–Crippen LogP) is 1.82. The van der Waals surface area contributed by atoms with Gasteiger partial charge < -0.3 is 0 Å². The lowest BCUT2D eigenvalue weighted by Crippen LogP contribution is -1.95. The Morgan fingerprint density at radius 3 is 2.69 bits per heavy atom. The molecule has 1 aromatic rings. The standard InChI is InChI=1S/C6H4FN3O2S/c7-5-2-1-3-6(4-5)13(11,12)10-9-8/h1-4H. The fraction of sp³-hybridized carbons (Fsp3) is 0. The smallest absolute Gasteiger partial charge is 0.216 e. The van der Waals surface area contributed by atoms with Gasteiger partial charge in [-0.3, -0.25) is 0 Å². The topological polar surface area (TPSA) is 82.9 Å². The van der Waals surface area contributed by atoms with Crippen molar-refractivity contribution in [2.75, 3.05) is 0 Å². The molecule has 0 N–H and O–H groups in total. The molecular weight excluding hydrogens is 197 g/mol. The van der Waals surface area contributed by atoms with E-state index in [-0.39, 0.29) is 4.90 Å². The number of azide groups is 1. The van der Waals surface area contributed by atoms with E-state index in [1.807, 2.05) is 0 Å². The third-order valence-corrected chi connectivity index (χ3v) is 2.38. The van der Waals surface area contributed by atoms with Crippen molar-refractivity contribution >= 4 is 10.0 Å². The molecule has 0 aliphatic rings. The van der Waals surface area contributed by atoms with Crippen molar-refractivity contribution in [2.45, 2.75) is 4.90 Å². The van der Waals surface area contributed by atoms with Crippen LogP contribution in [0.25, 0.3) is 10.4 Å². The first-order chi connectivity index (χ1) is 6.06. The number of hydrogen-bond donors (Lipinski definition) is 0. The van der Waals surface area contributed by atoms with Crippen LogP contribution in [-0.2, 0) is 10.0 Å².